The van der Waals surface area contributed by atoms with E-state index in [9.17, 15) is 4.79 Å². The minimum absolute atomic E-state index is 0.102. The van der Waals surface area contributed by atoms with E-state index in [1.807, 2.05) is 0 Å². The number of carbonyl (C=O) groups excluding carboxylic acids is 1. The van der Waals surface area contributed by atoms with Crippen LogP contribution in [-0.4, -0.2) is 30.6 Å². The summed E-state index contributed by atoms with van der Waals surface area (Å²) < 4.78 is 5.32. The second kappa shape index (κ2) is 4.79. The van der Waals surface area contributed by atoms with Crippen LogP contribution < -0.4 is 11.1 Å². The fraction of sp³-hybridized carbons (Fsp3) is 0.583. The second-order valence-corrected chi connectivity index (χ2v) is 4.95. The molecule has 0 radical (unpaired) electrons. The summed E-state index contributed by atoms with van der Waals surface area (Å²) in [6.45, 7) is 4.41. The van der Waals surface area contributed by atoms with Gasteiger partial charge in [-0.25, -0.2) is 0 Å². The molecule has 1 aliphatic heterocycles. The van der Waals surface area contributed by atoms with Crippen LogP contribution in [0.4, 0.5) is 5.69 Å². The number of amides is 1. The molecule has 1 aliphatic rings. The summed E-state index contributed by atoms with van der Waals surface area (Å²) in [6.07, 6.45) is 3.59. The smallest absolute Gasteiger partial charge is 0.267 e. The van der Waals surface area contributed by atoms with Crippen LogP contribution in [-0.2, 0) is 4.74 Å². The lowest BCUT2D eigenvalue weighted by Gasteiger charge is -2.33. The van der Waals surface area contributed by atoms with Crippen molar-refractivity contribution < 1.29 is 9.53 Å². The Kier molecular flexibility index (Phi) is 3.38. The van der Waals surface area contributed by atoms with Gasteiger partial charge in [0.2, 0.25) is 0 Å². The number of hydrogen-bond acceptors (Lipinski definition) is 3. The Labute approximate surface area is 101 Å². The highest BCUT2D eigenvalue weighted by molar-refractivity contribution is 5.93. The van der Waals surface area contributed by atoms with Crippen LogP contribution in [0.5, 0.6) is 0 Å². The maximum atomic E-state index is 11.8. The first-order valence-corrected chi connectivity index (χ1v) is 5.89. The molecule has 0 saturated carbocycles. The highest BCUT2D eigenvalue weighted by atomic mass is 16.5. The summed E-state index contributed by atoms with van der Waals surface area (Å²) in [5.74, 6) is -0.102. The molecule has 0 aliphatic carbocycles. The zero-order valence-corrected chi connectivity index (χ0v) is 10.1. The summed E-state index contributed by atoms with van der Waals surface area (Å²) in [4.78, 5) is 14.7. The zero-order valence-electron chi connectivity index (χ0n) is 10.1. The maximum Gasteiger partial charge on any atom is 0.267 e. The summed E-state index contributed by atoms with van der Waals surface area (Å²) in [5.41, 5.74) is 6.79. The van der Waals surface area contributed by atoms with Crippen molar-refractivity contribution in [3.8, 4) is 0 Å². The summed E-state index contributed by atoms with van der Waals surface area (Å²) >= 11 is 0. The number of aromatic amines is 1. The summed E-state index contributed by atoms with van der Waals surface area (Å²) in [7, 11) is 0. The van der Waals surface area contributed by atoms with E-state index in [1.165, 1.54) is 0 Å². The van der Waals surface area contributed by atoms with Crippen molar-refractivity contribution in [2.45, 2.75) is 19.8 Å². The lowest BCUT2D eigenvalue weighted by Crippen LogP contribution is -2.39. The van der Waals surface area contributed by atoms with Crippen LogP contribution in [0.15, 0.2) is 12.3 Å². The lowest BCUT2D eigenvalue weighted by atomic mass is 9.82. The van der Waals surface area contributed by atoms with Gasteiger partial charge in [0.1, 0.15) is 5.69 Å². The highest BCUT2D eigenvalue weighted by Gasteiger charge is 2.27. The van der Waals surface area contributed by atoms with Crippen molar-refractivity contribution >= 4 is 11.6 Å². The van der Waals surface area contributed by atoms with E-state index < -0.39 is 0 Å². The quantitative estimate of drug-likeness (QED) is 0.737. The number of H-pyrrole nitrogens is 1. The Morgan fingerprint density at radius 1 is 1.59 bits per heavy atom. The Bertz CT molecular complexity index is 394. The average Bonchev–Trinajstić information content (AvgIpc) is 2.74. The first-order valence-electron chi connectivity index (χ1n) is 5.89. The Hall–Kier alpha value is -1.49. The van der Waals surface area contributed by atoms with Crippen LogP contribution in [0.2, 0.25) is 0 Å². The second-order valence-electron chi connectivity index (χ2n) is 4.95. The lowest BCUT2D eigenvalue weighted by molar-refractivity contribution is 0.0238. The molecule has 1 saturated heterocycles. The number of nitrogens with one attached hydrogen (secondary N) is 2. The third-order valence-corrected chi connectivity index (χ3v) is 3.33. The van der Waals surface area contributed by atoms with Crippen LogP contribution in [0.25, 0.3) is 0 Å². The number of anilines is 1. The minimum atomic E-state index is -0.102. The van der Waals surface area contributed by atoms with Crippen molar-refractivity contribution in [2.24, 2.45) is 5.41 Å². The van der Waals surface area contributed by atoms with Crippen LogP contribution in [0.3, 0.4) is 0 Å². The number of rotatable bonds is 3. The third kappa shape index (κ3) is 3.00. The van der Waals surface area contributed by atoms with Gasteiger partial charge in [0, 0.05) is 31.6 Å². The normalized spacial score (nSPS) is 18.9. The van der Waals surface area contributed by atoms with E-state index in [2.05, 4.69) is 17.2 Å². The molecule has 17 heavy (non-hydrogen) atoms. The number of aromatic nitrogens is 1. The molecule has 5 heteroatoms. The topological polar surface area (TPSA) is 80.1 Å². The molecule has 5 nitrogen and oxygen atoms in total. The van der Waals surface area contributed by atoms with E-state index in [0.29, 0.717) is 17.9 Å². The molecule has 2 rings (SSSR count). The van der Waals surface area contributed by atoms with E-state index in [-0.39, 0.29) is 11.3 Å². The van der Waals surface area contributed by atoms with Gasteiger partial charge in [0.25, 0.3) is 5.91 Å². The van der Waals surface area contributed by atoms with Gasteiger partial charge in [-0.2, -0.15) is 0 Å². The molecule has 0 bridgehead atoms. The minimum Gasteiger partial charge on any atom is -0.397 e. The molecule has 1 fully saturated rings. The van der Waals surface area contributed by atoms with Gasteiger partial charge in [-0.05, 0) is 24.3 Å². The molecular formula is C12H19N3O2. The molecule has 94 valence electrons. The van der Waals surface area contributed by atoms with E-state index >= 15 is 0 Å². The Balaban J connectivity index is 1.87. The molecule has 4 N–H and O–H groups in total. The number of carbonyl (C=O) groups is 1. The monoisotopic (exact) mass is 237 g/mol. The van der Waals surface area contributed by atoms with E-state index in [1.54, 1.807) is 12.3 Å². The predicted octanol–water partition coefficient (Wildman–Crippen LogP) is 1.14. The summed E-state index contributed by atoms with van der Waals surface area (Å²) in [6, 6.07) is 1.64. The predicted molar refractivity (Wildman–Crippen MR) is 65.7 cm³/mol. The van der Waals surface area contributed by atoms with Crippen LogP contribution >= 0.6 is 0 Å². The highest BCUT2D eigenvalue weighted by Crippen LogP contribution is 2.28. The Morgan fingerprint density at radius 2 is 2.29 bits per heavy atom. The fourth-order valence-electron chi connectivity index (χ4n) is 1.97. The molecule has 0 unspecified atom stereocenters. The van der Waals surface area contributed by atoms with Crippen LogP contribution in [0, 0.1) is 5.41 Å². The molecule has 0 spiro atoms. The van der Waals surface area contributed by atoms with E-state index in [4.69, 9.17) is 10.5 Å². The number of ether oxygens (including phenoxy) is 1. The maximum absolute atomic E-state index is 11.8. The largest absolute Gasteiger partial charge is 0.397 e. The third-order valence-electron chi connectivity index (χ3n) is 3.33. The van der Waals surface area contributed by atoms with Gasteiger partial charge in [-0.3, -0.25) is 4.79 Å². The zero-order chi connectivity index (χ0) is 12.3. The number of nitrogens with two attached hydrogens (primary N) is 1. The molecule has 1 aromatic rings. The van der Waals surface area contributed by atoms with Gasteiger partial charge in [0.15, 0.2) is 0 Å². The van der Waals surface area contributed by atoms with Crippen molar-refractivity contribution in [1.82, 2.24) is 10.3 Å². The van der Waals surface area contributed by atoms with Crippen molar-refractivity contribution in [3.63, 3.8) is 0 Å². The standard InChI is InChI=1S/C12H19N3O2/c1-12(2-4-17-5-3-12)8-15-11(16)10-6-9(13)7-14-10/h6-7,14H,2-5,8,13H2,1H3,(H,15,16). The van der Waals surface area contributed by atoms with Gasteiger partial charge in [0.05, 0.1) is 0 Å². The molecule has 1 aromatic heterocycles. The first-order chi connectivity index (χ1) is 8.09. The van der Waals surface area contributed by atoms with Gasteiger partial charge in [-0.15, -0.1) is 0 Å². The first kappa shape index (κ1) is 12.0. The van der Waals surface area contributed by atoms with Gasteiger partial charge >= 0.3 is 0 Å². The number of nitrogen functional groups attached to an aromatic ring is 1. The van der Waals surface area contributed by atoms with Gasteiger partial charge in [-0.1, -0.05) is 6.92 Å². The molecular weight excluding hydrogens is 218 g/mol. The van der Waals surface area contributed by atoms with Crippen LogP contribution in [0.1, 0.15) is 30.3 Å². The molecule has 0 atom stereocenters. The van der Waals surface area contributed by atoms with Crippen molar-refractivity contribution in [3.05, 3.63) is 18.0 Å². The number of hydrogen-bond donors (Lipinski definition) is 3. The molecule has 1 amide bonds. The van der Waals surface area contributed by atoms with E-state index in [0.717, 1.165) is 26.1 Å². The van der Waals surface area contributed by atoms with Gasteiger partial charge < -0.3 is 20.8 Å². The SMILES string of the molecule is CC1(CNC(=O)c2cc(N)c[nH]2)CCOCC1. The van der Waals surface area contributed by atoms with Crippen molar-refractivity contribution in [1.29, 1.82) is 0 Å². The fourth-order valence-corrected chi connectivity index (χ4v) is 1.97. The summed E-state index contributed by atoms with van der Waals surface area (Å²) in [5, 5.41) is 2.94. The molecule has 2 heterocycles. The molecule has 0 aromatic carbocycles. The Morgan fingerprint density at radius 3 is 2.88 bits per heavy atom. The van der Waals surface area contributed by atoms with Crippen molar-refractivity contribution in [2.75, 3.05) is 25.5 Å². The average molecular weight is 237 g/mol.